The standard InChI is InChI=1S/C26H27ClN2O3/c1-17-20(15-19-7-5-6-10-24(19)32-17)16-23(26(31)28-22-8-3-2-4-9-22)29-25(30)18-11-13-21(27)14-12-18/h5-7,10-17,22H,2-4,8-9H2,1H3,(H,28,31)(H,29,30)/b23-16-/t17-/m0/s1. The van der Waals surface area contributed by atoms with Crippen molar-refractivity contribution in [1.29, 1.82) is 0 Å². The van der Waals surface area contributed by atoms with Crippen LogP contribution in [0.5, 0.6) is 5.75 Å². The van der Waals surface area contributed by atoms with Gasteiger partial charge in [0.25, 0.3) is 11.8 Å². The van der Waals surface area contributed by atoms with Gasteiger partial charge in [-0.3, -0.25) is 9.59 Å². The zero-order chi connectivity index (χ0) is 22.5. The molecule has 4 rings (SSSR count). The minimum Gasteiger partial charge on any atom is -0.485 e. The average molecular weight is 451 g/mol. The van der Waals surface area contributed by atoms with E-state index < -0.39 is 0 Å². The predicted octanol–water partition coefficient (Wildman–Crippen LogP) is 5.27. The van der Waals surface area contributed by atoms with Crippen LogP contribution in [0.3, 0.4) is 0 Å². The van der Waals surface area contributed by atoms with Gasteiger partial charge >= 0.3 is 0 Å². The molecule has 0 saturated heterocycles. The summed E-state index contributed by atoms with van der Waals surface area (Å²) < 4.78 is 6.01. The molecule has 5 nitrogen and oxygen atoms in total. The molecule has 6 heteroatoms. The van der Waals surface area contributed by atoms with Crippen molar-refractivity contribution in [1.82, 2.24) is 10.6 Å². The number of para-hydroxylation sites is 1. The molecule has 0 aromatic heterocycles. The highest BCUT2D eigenvalue weighted by Gasteiger charge is 2.23. The Morgan fingerprint density at radius 1 is 1.03 bits per heavy atom. The number of carbonyl (C=O) groups excluding carboxylic acids is 2. The molecule has 2 aromatic carbocycles. The van der Waals surface area contributed by atoms with E-state index >= 15 is 0 Å². The summed E-state index contributed by atoms with van der Waals surface area (Å²) in [4.78, 5) is 26.0. The van der Waals surface area contributed by atoms with Crippen molar-refractivity contribution in [2.24, 2.45) is 0 Å². The largest absolute Gasteiger partial charge is 0.485 e. The number of ether oxygens (including phenoxy) is 1. The predicted molar refractivity (Wildman–Crippen MR) is 127 cm³/mol. The minimum absolute atomic E-state index is 0.127. The molecule has 1 saturated carbocycles. The molecule has 1 aliphatic carbocycles. The first-order chi connectivity index (χ1) is 15.5. The van der Waals surface area contributed by atoms with Crippen LogP contribution >= 0.6 is 11.6 Å². The van der Waals surface area contributed by atoms with Crippen LogP contribution in [0.2, 0.25) is 5.02 Å². The van der Waals surface area contributed by atoms with E-state index in [1.165, 1.54) is 6.42 Å². The summed E-state index contributed by atoms with van der Waals surface area (Å²) in [6, 6.07) is 14.4. The highest BCUT2D eigenvalue weighted by Crippen LogP contribution is 2.30. The van der Waals surface area contributed by atoms with Crippen LogP contribution in [0.15, 0.2) is 65.9 Å². The lowest BCUT2D eigenvalue weighted by Crippen LogP contribution is -2.41. The molecule has 1 heterocycles. The maximum Gasteiger partial charge on any atom is 0.268 e. The van der Waals surface area contributed by atoms with Gasteiger partial charge in [0.15, 0.2) is 0 Å². The Morgan fingerprint density at radius 2 is 1.75 bits per heavy atom. The first-order valence-corrected chi connectivity index (χ1v) is 11.4. The monoisotopic (exact) mass is 450 g/mol. The fraction of sp³-hybridized carbons (Fsp3) is 0.308. The molecule has 32 heavy (non-hydrogen) atoms. The van der Waals surface area contributed by atoms with E-state index in [0.717, 1.165) is 42.6 Å². The third-order valence-electron chi connectivity index (χ3n) is 5.86. The molecule has 0 bridgehead atoms. The van der Waals surface area contributed by atoms with Crippen LogP contribution in [-0.4, -0.2) is 24.0 Å². The molecule has 0 spiro atoms. The van der Waals surface area contributed by atoms with E-state index in [-0.39, 0.29) is 29.7 Å². The topological polar surface area (TPSA) is 67.4 Å². The van der Waals surface area contributed by atoms with Crippen LogP contribution < -0.4 is 15.4 Å². The number of carbonyl (C=O) groups is 2. The van der Waals surface area contributed by atoms with Crippen molar-refractivity contribution < 1.29 is 14.3 Å². The molecule has 1 atom stereocenters. The summed E-state index contributed by atoms with van der Waals surface area (Å²) in [6.45, 7) is 1.93. The zero-order valence-electron chi connectivity index (χ0n) is 18.1. The number of halogens is 1. The van der Waals surface area contributed by atoms with E-state index in [9.17, 15) is 9.59 Å². The van der Waals surface area contributed by atoms with Crippen molar-refractivity contribution in [3.05, 3.63) is 82.0 Å². The molecule has 0 radical (unpaired) electrons. The normalized spacial score (nSPS) is 18.8. The fourth-order valence-electron chi connectivity index (χ4n) is 4.05. The molecule has 2 aliphatic rings. The van der Waals surface area contributed by atoms with Gasteiger partial charge in [-0.05, 0) is 67.8 Å². The van der Waals surface area contributed by atoms with Crippen LogP contribution in [-0.2, 0) is 4.79 Å². The van der Waals surface area contributed by atoms with Gasteiger partial charge in [-0.1, -0.05) is 49.1 Å². The number of fused-ring (bicyclic) bond motifs is 1. The summed E-state index contributed by atoms with van der Waals surface area (Å²) >= 11 is 5.94. The maximum atomic E-state index is 13.2. The van der Waals surface area contributed by atoms with Gasteiger partial charge in [-0.25, -0.2) is 0 Å². The van der Waals surface area contributed by atoms with E-state index in [2.05, 4.69) is 10.6 Å². The molecule has 2 aromatic rings. The first-order valence-electron chi connectivity index (χ1n) is 11.1. The van der Waals surface area contributed by atoms with Gasteiger partial charge in [0.1, 0.15) is 17.6 Å². The fourth-order valence-corrected chi connectivity index (χ4v) is 4.18. The van der Waals surface area contributed by atoms with Gasteiger partial charge in [0.2, 0.25) is 0 Å². The summed E-state index contributed by atoms with van der Waals surface area (Å²) in [5.41, 5.74) is 2.39. The minimum atomic E-state index is -0.364. The van der Waals surface area contributed by atoms with Crippen LogP contribution in [0.25, 0.3) is 6.08 Å². The van der Waals surface area contributed by atoms with Crippen LogP contribution in [0.1, 0.15) is 54.9 Å². The Kier molecular flexibility index (Phi) is 6.96. The molecule has 166 valence electrons. The molecular formula is C26H27ClN2O3. The van der Waals surface area contributed by atoms with Crippen molar-refractivity contribution in [3.63, 3.8) is 0 Å². The summed E-state index contributed by atoms with van der Waals surface area (Å²) in [7, 11) is 0. The molecule has 0 unspecified atom stereocenters. The number of hydrogen-bond acceptors (Lipinski definition) is 3. The summed E-state index contributed by atoms with van der Waals surface area (Å²) in [6.07, 6.45) is 8.78. The second kappa shape index (κ2) is 10.0. The molecule has 1 aliphatic heterocycles. The van der Waals surface area contributed by atoms with Crippen molar-refractivity contribution in [3.8, 4) is 5.75 Å². The second-order valence-electron chi connectivity index (χ2n) is 8.27. The number of benzene rings is 2. The molecule has 1 fully saturated rings. The second-order valence-corrected chi connectivity index (χ2v) is 8.71. The highest BCUT2D eigenvalue weighted by atomic mass is 35.5. The van der Waals surface area contributed by atoms with Gasteiger partial charge in [0.05, 0.1) is 0 Å². The van der Waals surface area contributed by atoms with Gasteiger partial charge in [0, 0.05) is 22.2 Å². The number of hydrogen-bond donors (Lipinski definition) is 2. The Morgan fingerprint density at radius 3 is 2.50 bits per heavy atom. The Balaban J connectivity index is 1.61. The molecular weight excluding hydrogens is 424 g/mol. The third-order valence-corrected chi connectivity index (χ3v) is 6.12. The van der Waals surface area contributed by atoms with Crippen molar-refractivity contribution >= 4 is 29.5 Å². The maximum absolute atomic E-state index is 13.2. The SMILES string of the molecule is C[C@@H]1Oc2ccccc2C=C1/C=C(\NC(=O)c1ccc(Cl)cc1)C(=O)NC1CCCCC1. The smallest absolute Gasteiger partial charge is 0.268 e. The molecule has 2 amide bonds. The summed E-state index contributed by atoms with van der Waals surface area (Å²) in [5, 5.41) is 6.45. The Hall–Kier alpha value is -3.05. The summed E-state index contributed by atoms with van der Waals surface area (Å²) in [5.74, 6) is 0.152. The number of amides is 2. The lowest BCUT2D eigenvalue weighted by Gasteiger charge is -2.25. The van der Waals surface area contributed by atoms with E-state index in [1.54, 1.807) is 30.3 Å². The Bertz CT molecular complexity index is 1050. The highest BCUT2D eigenvalue weighted by molar-refractivity contribution is 6.30. The van der Waals surface area contributed by atoms with E-state index in [0.29, 0.717) is 10.6 Å². The van der Waals surface area contributed by atoms with E-state index in [1.807, 2.05) is 37.3 Å². The average Bonchev–Trinajstić information content (AvgIpc) is 2.80. The first kappa shape index (κ1) is 22.2. The van der Waals surface area contributed by atoms with Gasteiger partial charge in [-0.15, -0.1) is 0 Å². The third kappa shape index (κ3) is 5.40. The van der Waals surface area contributed by atoms with Crippen molar-refractivity contribution in [2.45, 2.75) is 51.2 Å². The lowest BCUT2D eigenvalue weighted by molar-refractivity contribution is -0.118. The van der Waals surface area contributed by atoms with Crippen LogP contribution in [0, 0.1) is 0 Å². The van der Waals surface area contributed by atoms with Gasteiger partial charge < -0.3 is 15.4 Å². The van der Waals surface area contributed by atoms with E-state index in [4.69, 9.17) is 16.3 Å². The Labute approximate surface area is 193 Å². The van der Waals surface area contributed by atoms with Crippen molar-refractivity contribution in [2.75, 3.05) is 0 Å². The van der Waals surface area contributed by atoms with Crippen LogP contribution in [0.4, 0.5) is 0 Å². The quantitative estimate of drug-likeness (QED) is 0.610. The lowest BCUT2D eigenvalue weighted by atomic mass is 9.95. The van der Waals surface area contributed by atoms with Gasteiger partial charge in [-0.2, -0.15) is 0 Å². The number of nitrogens with one attached hydrogen (secondary N) is 2. The molecule has 2 N–H and O–H groups in total. The number of rotatable bonds is 5. The zero-order valence-corrected chi connectivity index (χ0v) is 18.8.